The van der Waals surface area contributed by atoms with E-state index in [9.17, 15) is 9.59 Å². The fourth-order valence-corrected chi connectivity index (χ4v) is 9.30. The van der Waals surface area contributed by atoms with Crippen LogP contribution in [0.4, 0.5) is 0 Å². The molecule has 0 amide bonds. The Kier molecular flexibility index (Phi) is 9.43. The highest BCUT2D eigenvalue weighted by Gasteiger charge is 2.59. The number of esters is 1. The Morgan fingerprint density at radius 2 is 1.61 bits per heavy atom. The highest BCUT2D eigenvalue weighted by molar-refractivity contribution is 5.91. The maximum atomic E-state index is 12.7. The number of unbranched alkanes of at least 4 members (excludes halogenated alkanes) is 8. The van der Waals surface area contributed by atoms with Crippen molar-refractivity contribution in [2.45, 2.75) is 149 Å². The van der Waals surface area contributed by atoms with Crippen LogP contribution in [-0.2, 0) is 14.3 Å². The molecule has 0 spiro atoms. The third-order valence-electron chi connectivity index (χ3n) is 11.4. The number of hydrogen-bond acceptors (Lipinski definition) is 3. The number of allylic oxidation sites excluding steroid dienone is 1. The van der Waals surface area contributed by atoms with Crippen molar-refractivity contribution in [3.8, 4) is 0 Å². The van der Waals surface area contributed by atoms with Gasteiger partial charge in [0.05, 0.1) is 0 Å². The molecular weight excluding hydrogens is 444 g/mol. The molecule has 0 aromatic carbocycles. The molecule has 36 heavy (non-hydrogen) atoms. The van der Waals surface area contributed by atoms with Crippen LogP contribution in [0.3, 0.4) is 0 Å². The lowest BCUT2D eigenvalue weighted by Crippen LogP contribution is -2.51. The molecule has 0 aliphatic heterocycles. The number of hydrogen-bond donors (Lipinski definition) is 0. The van der Waals surface area contributed by atoms with Gasteiger partial charge >= 0.3 is 5.97 Å². The second-order valence-corrected chi connectivity index (χ2v) is 13.5. The molecule has 204 valence electrons. The first kappa shape index (κ1) is 27.9. The lowest BCUT2D eigenvalue weighted by molar-refractivity contribution is -0.155. The topological polar surface area (TPSA) is 43.4 Å². The SMILES string of the molecule is CCCCCCCCCCCC(=O)O[C@@H](C)[C@H]1CC[C@H]2[C@@H]3CCC4=CC(=O)CC[C@]4(C)[C@H]3CC[C@]12C. The van der Waals surface area contributed by atoms with E-state index in [1.807, 2.05) is 6.08 Å². The highest BCUT2D eigenvalue weighted by atomic mass is 16.5. The van der Waals surface area contributed by atoms with E-state index in [0.29, 0.717) is 23.5 Å². The van der Waals surface area contributed by atoms with Gasteiger partial charge in [-0.25, -0.2) is 0 Å². The van der Waals surface area contributed by atoms with Gasteiger partial charge in [0.15, 0.2) is 5.78 Å². The summed E-state index contributed by atoms with van der Waals surface area (Å²) < 4.78 is 6.09. The molecule has 0 unspecified atom stereocenters. The van der Waals surface area contributed by atoms with Crippen molar-refractivity contribution >= 4 is 11.8 Å². The summed E-state index contributed by atoms with van der Waals surface area (Å²) in [5.41, 5.74) is 1.99. The second-order valence-electron chi connectivity index (χ2n) is 13.5. The summed E-state index contributed by atoms with van der Waals surface area (Å²) in [6.07, 6.45) is 23.3. The minimum absolute atomic E-state index is 0.0259. The average molecular weight is 499 g/mol. The zero-order valence-corrected chi connectivity index (χ0v) is 23.9. The molecular formula is C33H54O3. The monoisotopic (exact) mass is 498 g/mol. The zero-order valence-electron chi connectivity index (χ0n) is 23.9. The molecule has 0 aromatic rings. The van der Waals surface area contributed by atoms with Crippen LogP contribution < -0.4 is 0 Å². The number of ketones is 1. The Morgan fingerprint density at radius 3 is 2.33 bits per heavy atom. The van der Waals surface area contributed by atoms with Gasteiger partial charge in [-0.3, -0.25) is 9.59 Å². The molecule has 0 aromatic heterocycles. The first-order chi connectivity index (χ1) is 17.3. The molecule has 3 heteroatoms. The van der Waals surface area contributed by atoms with E-state index in [4.69, 9.17) is 4.74 Å². The maximum Gasteiger partial charge on any atom is 0.306 e. The number of carbonyl (C=O) groups is 2. The quantitative estimate of drug-likeness (QED) is 0.199. The molecule has 7 atom stereocenters. The molecule has 4 aliphatic rings. The summed E-state index contributed by atoms with van der Waals surface area (Å²) in [6, 6.07) is 0. The fourth-order valence-electron chi connectivity index (χ4n) is 9.30. The van der Waals surface area contributed by atoms with E-state index >= 15 is 0 Å². The third-order valence-corrected chi connectivity index (χ3v) is 11.4. The molecule has 0 saturated heterocycles. The summed E-state index contributed by atoms with van der Waals surface area (Å²) >= 11 is 0. The minimum atomic E-state index is 0.0259. The zero-order chi connectivity index (χ0) is 25.8. The van der Waals surface area contributed by atoms with Gasteiger partial charge in [-0.2, -0.15) is 0 Å². The molecule has 0 bridgehead atoms. The summed E-state index contributed by atoms with van der Waals surface area (Å²) in [5, 5.41) is 0. The van der Waals surface area contributed by atoms with Crippen molar-refractivity contribution in [3.63, 3.8) is 0 Å². The van der Waals surface area contributed by atoms with Gasteiger partial charge in [0, 0.05) is 18.8 Å². The Bertz CT molecular complexity index is 799. The van der Waals surface area contributed by atoms with Crippen LogP contribution in [0.15, 0.2) is 11.6 Å². The van der Waals surface area contributed by atoms with Gasteiger partial charge in [0.1, 0.15) is 6.10 Å². The number of rotatable bonds is 12. The minimum Gasteiger partial charge on any atom is -0.462 e. The Labute approximate surface area is 221 Å². The molecule has 3 nitrogen and oxygen atoms in total. The lowest BCUT2D eigenvalue weighted by Gasteiger charge is -2.58. The van der Waals surface area contributed by atoms with Gasteiger partial charge in [-0.1, -0.05) is 77.7 Å². The maximum absolute atomic E-state index is 12.7. The Hall–Kier alpha value is -1.12. The van der Waals surface area contributed by atoms with Crippen molar-refractivity contribution in [3.05, 3.63) is 11.6 Å². The number of fused-ring (bicyclic) bond motifs is 5. The van der Waals surface area contributed by atoms with E-state index < -0.39 is 0 Å². The van der Waals surface area contributed by atoms with Crippen LogP contribution in [0, 0.1) is 34.5 Å². The van der Waals surface area contributed by atoms with E-state index in [1.165, 1.54) is 82.6 Å². The average Bonchev–Trinajstić information content (AvgIpc) is 3.21. The highest BCUT2D eigenvalue weighted by Crippen LogP contribution is 2.67. The molecule has 0 radical (unpaired) electrons. The van der Waals surface area contributed by atoms with Crippen molar-refractivity contribution in [2.75, 3.05) is 0 Å². The van der Waals surface area contributed by atoms with E-state index in [-0.39, 0.29) is 17.5 Å². The van der Waals surface area contributed by atoms with Crippen LogP contribution in [0.25, 0.3) is 0 Å². The summed E-state index contributed by atoms with van der Waals surface area (Å²) in [5.74, 6) is 3.11. The van der Waals surface area contributed by atoms with Crippen LogP contribution >= 0.6 is 0 Å². The van der Waals surface area contributed by atoms with E-state index in [1.54, 1.807) is 0 Å². The van der Waals surface area contributed by atoms with Crippen LogP contribution in [0.1, 0.15) is 143 Å². The predicted molar refractivity (Wildman–Crippen MR) is 148 cm³/mol. The molecule has 0 N–H and O–H groups in total. The summed E-state index contributed by atoms with van der Waals surface area (Å²) in [6.45, 7) is 9.43. The van der Waals surface area contributed by atoms with Crippen molar-refractivity contribution in [2.24, 2.45) is 34.5 Å². The van der Waals surface area contributed by atoms with Crippen molar-refractivity contribution < 1.29 is 14.3 Å². The lowest BCUT2D eigenvalue weighted by atomic mass is 9.46. The van der Waals surface area contributed by atoms with Gasteiger partial charge < -0.3 is 4.74 Å². The molecule has 4 aliphatic carbocycles. The normalized spacial score (nSPS) is 36.4. The molecule has 0 heterocycles. The largest absolute Gasteiger partial charge is 0.462 e. The third kappa shape index (κ3) is 5.80. The van der Waals surface area contributed by atoms with Gasteiger partial charge in [0.25, 0.3) is 0 Å². The smallest absolute Gasteiger partial charge is 0.306 e. The molecule has 3 saturated carbocycles. The Morgan fingerprint density at radius 1 is 0.917 bits per heavy atom. The van der Waals surface area contributed by atoms with E-state index in [0.717, 1.165) is 49.9 Å². The first-order valence-electron chi connectivity index (χ1n) is 15.7. The van der Waals surface area contributed by atoms with Crippen LogP contribution in [0.2, 0.25) is 0 Å². The van der Waals surface area contributed by atoms with Gasteiger partial charge in [-0.15, -0.1) is 0 Å². The Balaban J connectivity index is 1.24. The van der Waals surface area contributed by atoms with Gasteiger partial charge in [0.2, 0.25) is 0 Å². The number of carbonyl (C=O) groups excluding carboxylic acids is 2. The second kappa shape index (κ2) is 12.2. The van der Waals surface area contributed by atoms with E-state index in [2.05, 4.69) is 27.7 Å². The fraction of sp³-hybridized carbons (Fsp3) is 0.879. The first-order valence-corrected chi connectivity index (χ1v) is 15.7. The van der Waals surface area contributed by atoms with Crippen molar-refractivity contribution in [1.29, 1.82) is 0 Å². The standard InChI is InChI=1S/C33H54O3/c1-5-6-7-8-9-10-11-12-13-14-31(35)36-24(2)28-17-18-29-27-16-15-25-23-26(34)19-21-32(25,3)30(27)20-22-33(28,29)4/h23-24,27-30H,5-22H2,1-4H3/t24-,27-,28+,29-,30-,32-,33+/m0/s1. The number of ether oxygens (including phenoxy) is 1. The predicted octanol–water partition coefficient (Wildman–Crippen LogP) is 8.99. The summed E-state index contributed by atoms with van der Waals surface area (Å²) in [4.78, 5) is 24.8. The van der Waals surface area contributed by atoms with Crippen LogP contribution in [-0.4, -0.2) is 17.9 Å². The van der Waals surface area contributed by atoms with Gasteiger partial charge in [-0.05, 0) is 93.0 Å². The summed E-state index contributed by atoms with van der Waals surface area (Å²) in [7, 11) is 0. The molecule has 4 rings (SSSR count). The molecule has 3 fully saturated rings. The van der Waals surface area contributed by atoms with Crippen molar-refractivity contribution in [1.82, 2.24) is 0 Å². The van der Waals surface area contributed by atoms with Crippen LogP contribution in [0.5, 0.6) is 0 Å².